The minimum atomic E-state index is -0.536. The molecule has 0 saturated heterocycles. The lowest BCUT2D eigenvalue weighted by Gasteiger charge is -2.24. The molecule has 2 rings (SSSR count). The van der Waals surface area contributed by atoms with Crippen LogP contribution in [0.5, 0.6) is 0 Å². The van der Waals surface area contributed by atoms with Crippen molar-refractivity contribution in [3.05, 3.63) is 22.0 Å². The molecule has 1 aliphatic rings. The van der Waals surface area contributed by atoms with Crippen molar-refractivity contribution < 1.29 is 9.72 Å². The third-order valence-corrected chi connectivity index (χ3v) is 3.91. The summed E-state index contributed by atoms with van der Waals surface area (Å²) in [5.41, 5.74) is 0.351. The number of carbonyl (C=O) groups is 1. The Balaban J connectivity index is 2.04. The lowest BCUT2D eigenvalue weighted by atomic mass is 9.95. The largest absolute Gasteiger partial charge is 0.352 e. The molecule has 1 heterocycles. The monoisotopic (exact) mass is 280 g/mol. The molecule has 0 radical (unpaired) electrons. The summed E-state index contributed by atoms with van der Waals surface area (Å²) in [5, 5.41) is 17.8. The van der Waals surface area contributed by atoms with Gasteiger partial charge in [-0.05, 0) is 26.7 Å². The second kappa shape index (κ2) is 6.02. The van der Waals surface area contributed by atoms with Crippen molar-refractivity contribution in [3.8, 4) is 0 Å². The van der Waals surface area contributed by atoms with Crippen LogP contribution >= 0.6 is 0 Å². The van der Waals surface area contributed by atoms with Gasteiger partial charge in [0.25, 0.3) is 0 Å². The van der Waals surface area contributed by atoms with Gasteiger partial charge >= 0.3 is 5.69 Å². The molecule has 20 heavy (non-hydrogen) atoms. The van der Waals surface area contributed by atoms with Gasteiger partial charge in [0, 0.05) is 6.04 Å². The summed E-state index contributed by atoms with van der Waals surface area (Å²) in [5.74, 6) is -0.127. The average Bonchev–Trinajstić information content (AvgIpc) is 2.81. The molecule has 0 aliphatic heterocycles. The lowest BCUT2D eigenvalue weighted by molar-refractivity contribution is -0.385. The van der Waals surface area contributed by atoms with E-state index < -0.39 is 11.0 Å². The normalized spacial score (nSPS) is 17.7. The van der Waals surface area contributed by atoms with Gasteiger partial charge in [0.1, 0.15) is 17.9 Å². The van der Waals surface area contributed by atoms with Crippen molar-refractivity contribution in [1.29, 1.82) is 0 Å². The summed E-state index contributed by atoms with van der Waals surface area (Å²) in [6, 6.07) is -0.310. The van der Waals surface area contributed by atoms with Crippen molar-refractivity contribution in [1.82, 2.24) is 15.1 Å². The first-order chi connectivity index (χ1) is 9.50. The highest BCUT2D eigenvalue weighted by Crippen LogP contribution is 2.21. The molecule has 0 spiro atoms. The Morgan fingerprint density at radius 1 is 1.50 bits per heavy atom. The summed E-state index contributed by atoms with van der Waals surface area (Å²) < 4.78 is 1.41. The van der Waals surface area contributed by atoms with Gasteiger partial charge in [0.2, 0.25) is 5.91 Å². The fraction of sp³-hybridized carbons (Fsp3) is 0.692. The zero-order valence-electron chi connectivity index (χ0n) is 11.8. The number of nitrogens with zero attached hydrogens (tertiary/aromatic N) is 3. The van der Waals surface area contributed by atoms with Gasteiger partial charge in [-0.25, -0.2) is 0 Å². The predicted molar refractivity (Wildman–Crippen MR) is 73.3 cm³/mol. The van der Waals surface area contributed by atoms with Gasteiger partial charge in [-0.2, -0.15) is 5.10 Å². The molecular weight excluding hydrogens is 260 g/mol. The number of nitrogens with one attached hydrogen (secondary N) is 1. The maximum absolute atomic E-state index is 12.2. The molecule has 1 atom stereocenters. The quantitative estimate of drug-likeness (QED) is 0.675. The van der Waals surface area contributed by atoms with Crippen molar-refractivity contribution in [2.45, 2.75) is 58.0 Å². The second-order valence-electron chi connectivity index (χ2n) is 5.34. The van der Waals surface area contributed by atoms with Crippen LogP contribution in [0, 0.1) is 17.0 Å². The Hall–Kier alpha value is -1.92. The molecule has 1 aliphatic carbocycles. The van der Waals surface area contributed by atoms with E-state index in [0.29, 0.717) is 5.69 Å². The van der Waals surface area contributed by atoms with E-state index >= 15 is 0 Å². The Labute approximate surface area is 117 Å². The molecular formula is C13H20N4O3. The average molecular weight is 280 g/mol. The van der Waals surface area contributed by atoms with Crippen LogP contribution in [0.2, 0.25) is 0 Å². The number of hydrogen-bond donors (Lipinski definition) is 1. The van der Waals surface area contributed by atoms with Crippen LogP contribution in [0.25, 0.3) is 0 Å². The van der Waals surface area contributed by atoms with E-state index in [9.17, 15) is 14.9 Å². The Kier molecular flexibility index (Phi) is 4.36. The third-order valence-electron chi connectivity index (χ3n) is 3.91. The van der Waals surface area contributed by atoms with Crippen LogP contribution in [-0.2, 0) is 4.79 Å². The lowest BCUT2D eigenvalue weighted by Crippen LogP contribution is -2.40. The third kappa shape index (κ3) is 2.97. The van der Waals surface area contributed by atoms with Crippen LogP contribution in [0.15, 0.2) is 6.20 Å². The number of amides is 1. The van der Waals surface area contributed by atoms with Gasteiger partial charge in [0.05, 0.1) is 4.92 Å². The number of aromatic nitrogens is 2. The first-order valence-corrected chi connectivity index (χ1v) is 6.99. The minimum Gasteiger partial charge on any atom is -0.352 e. The van der Waals surface area contributed by atoms with Gasteiger partial charge in [-0.15, -0.1) is 0 Å². The zero-order valence-corrected chi connectivity index (χ0v) is 11.8. The summed E-state index contributed by atoms with van der Waals surface area (Å²) in [7, 11) is 0. The maximum atomic E-state index is 12.2. The number of carbonyl (C=O) groups excluding carboxylic acids is 1. The van der Waals surface area contributed by atoms with E-state index in [0.717, 1.165) is 25.7 Å². The van der Waals surface area contributed by atoms with Crippen molar-refractivity contribution in [2.75, 3.05) is 0 Å². The molecule has 1 aromatic rings. The summed E-state index contributed by atoms with van der Waals surface area (Å²) in [4.78, 5) is 22.5. The molecule has 1 N–H and O–H groups in total. The van der Waals surface area contributed by atoms with Crippen LogP contribution in [-0.4, -0.2) is 26.7 Å². The molecule has 1 fully saturated rings. The van der Waals surface area contributed by atoms with Gasteiger partial charge < -0.3 is 5.32 Å². The van der Waals surface area contributed by atoms with E-state index in [1.807, 2.05) is 0 Å². The SMILES string of the molecule is Cc1c([N+](=O)[O-])cnn1C(C)C(=O)NC1CCCCC1. The maximum Gasteiger partial charge on any atom is 0.309 e. The number of rotatable bonds is 4. The molecule has 7 nitrogen and oxygen atoms in total. The highest BCUT2D eigenvalue weighted by Gasteiger charge is 2.25. The molecule has 0 aromatic carbocycles. The Bertz CT molecular complexity index is 506. The van der Waals surface area contributed by atoms with E-state index in [-0.39, 0.29) is 17.6 Å². The van der Waals surface area contributed by atoms with Crippen LogP contribution in [0.4, 0.5) is 5.69 Å². The van der Waals surface area contributed by atoms with Crippen LogP contribution in [0.3, 0.4) is 0 Å². The number of hydrogen-bond acceptors (Lipinski definition) is 4. The van der Waals surface area contributed by atoms with Gasteiger partial charge in [-0.1, -0.05) is 19.3 Å². The summed E-state index contributed by atoms with van der Waals surface area (Å²) >= 11 is 0. The smallest absolute Gasteiger partial charge is 0.309 e. The van der Waals surface area contributed by atoms with Crippen molar-refractivity contribution >= 4 is 11.6 Å². The summed E-state index contributed by atoms with van der Waals surface area (Å²) in [6.45, 7) is 3.32. The van der Waals surface area contributed by atoms with Crippen molar-refractivity contribution in [2.24, 2.45) is 0 Å². The van der Waals surface area contributed by atoms with Crippen LogP contribution in [0.1, 0.15) is 50.8 Å². The molecule has 1 amide bonds. The zero-order chi connectivity index (χ0) is 14.7. The van der Waals surface area contributed by atoms with E-state index in [1.54, 1.807) is 13.8 Å². The minimum absolute atomic E-state index is 0.0534. The molecule has 0 bridgehead atoms. The highest BCUT2D eigenvalue weighted by atomic mass is 16.6. The van der Waals surface area contributed by atoms with E-state index in [2.05, 4.69) is 10.4 Å². The molecule has 1 aromatic heterocycles. The van der Waals surface area contributed by atoms with Crippen LogP contribution < -0.4 is 5.32 Å². The Morgan fingerprint density at radius 2 is 2.15 bits per heavy atom. The highest BCUT2D eigenvalue weighted by molar-refractivity contribution is 5.80. The Morgan fingerprint density at radius 3 is 2.70 bits per heavy atom. The number of nitro groups is 1. The van der Waals surface area contributed by atoms with Gasteiger partial charge in [0.15, 0.2) is 0 Å². The second-order valence-corrected chi connectivity index (χ2v) is 5.34. The fourth-order valence-corrected chi connectivity index (χ4v) is 2.66. The predicted octanol–water partition coefficient (Wildman–Crippen LogP) is 2.11. The standard InChI is InChI=1S/C13H20N4O3/c1-9-12(17(19)20)8-14-16(9)10(2)13(18)15-11-6-4-3-5-7-11/h8,10-11H,3-7H2,1-2H3,(H,15,18). The van der Waals surface area contributed by atoms with E-state index in [4.69, 9.17) is 0 Å². The van der Waals surface area contributed by atoms with Gasteiger partial charge in [-0.3, -0.25) is 19.6 Å². The molecule has 110 valence electrons. The molecule has 1 unspecified atom stereocenters. The fourth-order valence-electron chi connectivity index (χ4n) is 2.66. The molecule has 7 heteroatoms. The van der Waals surface area contributed by atoms with E-state index in [1.165, 1.54) is 17.3 Å². The first kappa shape index (κ1) is 14.5. The first-order valence-electron chi connectivity index (χ1n) is 6.99. The molecule has 1 saturated carbocycles. The topological polar surface area (TPSA) is 90.1 Å². The van der Waals surface area contributed by atoms with Crippen molar-refractivity contribution in [3.63, 3.8) is 0 Å². The summed E-state index contributed by atoms with van der Waals surface area (Å²) in [6.07, 6.45) is 6.73.